The molecule has 2 aromatic rings. The van der Waals surface area contributed by atoms with E-state index in [2.05, 4.69) is 19.2 Å². The summed E-state index contributed by atoms with van der Waals surface area (Å²) in [7, 11) is 1.75. The van der Waals surface area contributed by atoms with Gasteiger partial charge in [0.1, 0.15) is 11.8 Å². The Labute approximate surface area is 171 Å². The van der Waals surface area contributed by atoms with E-state index in [1.54, 1.807) is 48.9 Å². The predicted molar refractivity (Wildman–Crippen MR) is 114 cm³/mol. The summed E-state index contributed by atoms with van der Waals surface area (Å²) < 4.78 is 6.93. The number of hydrogen-bond acceptors (Lipinski definition) is 4. The van der Waals surface area contributed by atoms with Crippen LogP contribution in [0.2, 0.25) is 0 Å². The number of nitrogens with zero attached hydrogens (tertiary/aromatic N) is 2. The number of esters is 1. The van der Waals surface area contributed by atoms with Crippen LogP contribution in [-0.4, -0.2) is 22.9 Å². The molecule has 0 unspecified atom stereocenters. The first kappa shape index (κ1) is 21.6. The number of carbonyl (C=O) groups is 2. The van der Waals surface area contributed by atoms with Crippen molar-refractivity contribution in [2.45, 2.75) is 20.3 Å². The van der Waals surface area contributed by atoms with Crippen molar-refractivity contribution in [3.05, 3.63) is 83.7 Å². The van der Waals surface area contributed by atoms with Crippen LogP contribution in [0.15, 0.2) is 61.2 Å². The van der Waals surface area contributed by atoms with Gasteiger partial charge in [0.25, 0.3) is 0 Å². The minimum absolute atomic E-state index is 0.181. The fourth-order valence-corrected chi connectivity index (χ4v) is 3.31. The van der Waals surface area contributed by atoms with E-state index in [1.165, 1.54) is 12.2 Å². The highest BCUT2D eigenvalue weighted by Gasteiger charge is 2.27. The third-order valence-electron chi connectivity index (χ3n) is 4.65. The maximum atomic E-state index is 12.6. The molecule has 0 aliphatic carbocycles. The third kappa shape index (κ3) is 4.12. The molecule has 0 spiro atoms. The summed E-state index contributed by atoms with van der Waals surface area (Å²) in [6.45, 7) is 11.2. The molecule has 0 radical (unpaired) electrons. The van der Waals surface area contributed by atoms with E-state index in [-0.39, 0.29) is 12.4 Å². The van der Waals surface area contributed by atoms with E-state index in [0.29, 0.717) is 39.9 Å². The molecule has 0 saturated carbocycles. The maximum absolute atomic E-state index is 12.6. The highest BCUT2D eigenvalue weighted by Crippen LogP contribution is 2.33. The van der Waals surface area contributed by atoms with Crippen molar-refractivity contribution >= 4 is 11.8 Å². The summed E-state index contributed by atoms with van der Waals surface area (Å²) in [5.74, 6) is -0.663. The van der Waals surface area contributed by atoms with Crippen LogP contribution < -0.4 is 0 Å². The van der Waals surface area contributed by atoms with Crippen LogP contribution in [-0.2, 0) is 18.2 Å². The second-order valence-electron chi connectivity index (χ2n) is 6.26. The first-order chi connectivity index (χ1) is 13.9. The van der Waals surface area contributed by atoms with Crippen molar-refractivity contribution in [3.63, 3.8) is 0 Å². The molecule has 2 rings (SSSR count). The Morgan fingerprint density at radius 2 is 1.86 bits per heavy atom. The van der Waals surface area contributed by atoms with E-state index >= 15 is 0 Å². The molecule has 1 aromatic heterocycles. The van der Waals surface area contributed by atoms with Gasteiger partial charge in [-0.3, -0.25) is 4.79 Å². The van der Waals surface area contributed by atoms with Gasteiger partial charge in [-0.15, -0.1) is 0 Å². The second-order valence-corrected chi connectivity index (χ2v) is 6.26. The molecule has 0 aliphatic rings. The smallest absolute Gasteiger partial charge is 0.355 e. The molecule has 5 heteroatoms. The average molecular weight is 388 g/mol. The van der Waals surface area contributed by atoms with Crippen molar-refractivity contribution in [1.82, 2.24) is 4.57 Å². The Kier molecular flexibility index (Phi) is 7.10. The lowest BCUT2D eigenvalue weighted by molar-refractivity contribution is 0.0516. The summed E-state index contributed by atoms with van der Waals surface area (Å²) in [4.78, 5) is 25.2. The van der Waals surface area contributed by atoms with E-state index < -0.39 is 5.97 Å². The van der Waals surface area contributed by atoms with Crippen molar-refractivity contribution < 1.29 is 14.3 Å². The van der Waals surface area contributed by atoms with Gasteiger partial charge in [0.05, 0.1) is 12.2 Å². The lowest BCUT2D eigenvalue weighted by Crippen LogP contribution is -2.12. The zero-order valence-corrected chi connectivity index (χ0v) is 17.0. The highest BCUT2D eigenvalue weighted by molar-refractivity contribution is 6.11. The van der Waals surface area contributed by atoms with Gasteiger partial charge in [0.2, 0.25) is 0 Å². The van der Waals surface area contributed by atoms with E-state index in [9.17, 15) is 14.9 Å². The van der Waals surface area contributed by atoms with Gasteiger partial charge in [0, 0.05) is 29.4 Å². The van der Waals surface area contributed by atoms with E-state index in [4.69, 9.17) is 4.74 Å². The predicted octanol–water partition coefficient (Wildman–Crippen LogP) is 4.78. The third-order valence-corrected chi connectivity index (χ3v) is 4.65. The molecule has 0 amide bonds. The number of benzene rings is 1. The number of rotatable bonds is 8. The molecule has 0 aliphatic heterocycles. The minimum Gasteiger partial charge on any atom is -0.461 e. The number of Topliss-reactive ketones (excluding diaryl/α,β-unsaturated/α-hetero) is 1. The van der Waals surface area contributed by atoms with Crippen molar-refractivity contribution in [3.8, 4) is 17.2 Å². The monoisotopic (exact) mass is 388 g/mol. The van der Waals surface area contributed by atoms with Gasteiger partial charge >= 0.3 is 5.97 Å². The van der Waals surface area contributed by atoms with Crippen LogP contribution in [0.5, 0.6) is 0 Å². The first-order valence-corrected chi connectivity index (χ1v) is 9.34. The van der Waals surface area contributed by atoms with Gasteiger partial charge in [-0.2, -0.15) is 5.26 Å². The summed E-state index contributed by atoms with van der Waals surface area (Å²) in [5, 5.41) is 9.75. The summed E-state index contributed by atoms with van der Waals surface area (Å²) in [6.07, 6.45) is 5.21. The molecule has 1 aromatic carbocycles. The van der Waals surface area contributed by atoms with Crippen LogP contribution in [0.1, 0.15) is 46.0 Å². The number of nitriles is 1. The molecule has 29 heavy (non-hydrogen) atoms. The van der Waals surface area contributed by atoms with Gasteiger partial charge in [-0.05, 0) is 18.9 Å². The fraction of sp³-hybridized carbons (Fsp3) is 0.208. The molecule has 0 bridgehead atoms. The summed E-state index contributed by atoms with van der Waals surface area (Å²) in [6, 6.07) is 9.04. The molecule has 0 saturated heterocycles. The van der Waals surface area contributed by atoms with Gasteiger partial charge in [0.15, 0.2) is 5.78 Å². The lowest BCUT2D eigenvalue weighted by atomic mass is 9.96. The van der Waals surface area contributed by atoms with Crippen molar-refractivity contribution in [2.24, 2.45) is 7.05 Å². The Bertz CT molecular complexity index is 1030. The Hall–Kier alpha value is -3.65. The largest absolute Gasteiger partial charge is 0.461 e. The number of ether oxygens (including phenoxy) is 1. The molecule has 0 fully saturated rings. The Morgan fingerprint density at radius 3 is 2.34 bits per heavy atom. The Morgan fingerprint density at radius 1 is 1.21 bits per heavy atom. The number of carbonyl (C=O) groups excluding carboxylic acids is 2. The average Bonchev–Trinajstić information content (AvgIpc) is 3.03. The SMILES string of the molecule is C=C/C=C(\C=C)C(=O)c1ccc(-c2c(C#N)c(CC)n(C)c2C(=O)OCC)cc1. The normalized spacial score (nSPS) is 10.9. The minimum atomic E-state index is -0.482. The van der Waals surface area contributed by atoms with Crippen LogP contribution in [0.4, 0.5) is 0 Å². The molecule has 0 atom stereocenters. The quantitative estimate of drug-likeness (QED) is 0.282. The standard InChI is InChI=1S/C24H24N2O3/c1-6-10-16(7-2)23(27)18-13-11-17(12-14-18)21-19(15-25)20(8-3)26(5)22(21)24(28)29-9-4/h6-7,10-14H,1-2,8-9H2,3-5H3/b16-10+. The number of ketones is 1. The number of aromatic nitrogens is 1. The zero-order chi connectivity index (χ0) is 21.6. The van der Waals surface area contributed by atoms with Crippen LogP contribution in [0.3, 0.4) is 0 Å². The van der Waals surface area contributed by atoms with Crippen LogP contribution in [0.25, 0.3) is 11.1 Å². The van der Waals surface area contributed by atoms with Gasteiger partial charge < -0.3 is 9.30 Å². The molecule has 1 heterocycles. The highest BCUT2D eigenvalue weighted by atomic mass is 16.5. The van der Waals surface area contributed by atoms with E-state index in [0.717, 1.165) is 5.69 Å². The van der Waals surface area contributed by atoms with Gasteiger partial charge in [-0.1, -0.05) is 62.6 Å². The Balaban J connectivity index is 2.63. The lowest BCUT2D eigenvalue weighted by Gasteiger charge is -2.09. The van der Waals surface area contributed by atoms with Crippen molar-refractivity contribution in [1.29, 1.82) is 5.26 Å². The van der Waals surface area contributed by atoms with Crippen LogP contribution >= 0.6 is 0 Å². The summed E-state index contributed by atoms with van der Waals surface area (Å²) in [5.41, 5.74) is 3.64. The second kappa shape index (κ2) is 9.52. The topological polar surface area (TPSA) is 72.1 Å². The van der Waals surface area contributed by atoms with Crippen molar-refractivity contribution in [2.75, 3.05) is 6.61 Å². The van der Waals surface area contributed by atoms with E-state index in [1.807, 2.05) is 6.92 Å². The first-order valence-electron chi connectivity index (χ1n) is 9.34. The van der Waals surface area contributed by atoms with Crippen LogP contribution in [0, 0.1) is 11.3 Å². The number of allylic oxidation sites excluding steroid dienone is 4. The molecule has 0 N–H and O–H groups in total. The maximum Gasteiger partial charge on any atom is 0.355 e. The molecular formula is C24H24N2O3. The zero-order valence-electron chi connectivity index (χ0n) is 17.0. The molecular weight excluding hydrogens is 364 g/mol. The number of hydrogen-bond donors (Lipinski definition) is 0. The summed E-state index contributed by atoms with van der Waals surface area (Å²) >= 11 is 0. The fourth-order valence-electron chi connectivity index (χ4n) is 3.31. The molecule has 5 nitrogen and oxygen atoms in total. The van der Waals surface area contributed by atoms with Gasteiger partial charge in [-0.25, -0.2) is 4.79 Å². The molecule has 148 valence electrons.